The van der Waals surface area contributed by atoms with Gasteiger partial charge in [0.1, 0.15) is 0 Å². The number of amides is 1. The van der Waals surface area contributed by atoms with Gasteiger partial charge in [-0.2, -0.15) is 5.10 Å². The maximum atomic E-state index is 12.1. The Morgan fingerprint density at radius 1 is 1.45 bits per heavy atom. The first-order valence-electron chi connectivity index (χ1n) is 6.85. The van der Waals surface area contributed by atoms with Crippen molar-refractivity contribution in [3.63, 3.8) is 0 Å². The van der Waals surface area contributed by atoms with Crippen LogP contribution >= 0.6 is 0 Å². The second-order valence-corrected chi connectivity index (χ2v) is 5.02. The van der Waals surface area contributed by atoms with Crippen LogP contribution in [-0.4, -0.2) is 36.1 Å². The first-order valence-corrected chi connectivity index (χ1v) is 6.85. The van der Waals surface area contributed by atoms with Crippen LogP contribution in [0.5, 0.6) is 0 Å². The Morgan fingerprint density at radius 2 is 2.35 bits per heavy atom. The number of aromatic nitrogens is 2. The minimum absolute atomic E-state index is 0.170. The van der Waals surface area contributed by atoms with Gasteiger partial charge in [0, 0.05) is 18.1 Å². The Balaban J connectivity index is 1.70. The number of rotatable bonds is 2. The van der Waals surface area contributed by atoms with E-state index in [1.165, 1.54) is 4.90 Å². The molecule has 1 aliphatic heterocycles. The van der Waals surface area contributed by atoms with Crippen molar-refractivity contribution >= 4 is 22.7 Å². The highest BCUT2D eigenvalue weighted by Crippen LogP contribution is 2.20. The third kappa shape index (κ3) is 2.60. The molecule has 1 aromatic heterocycles. The zero-order valence-corrected chi connectivity index (χ0v) is 11.4. The normalized spacial score (nSPS) is 18.9. The number of carbonyl (C=O) groups is 1. The summed E-state index contributed by atoms with van der Waals surface area (Å²) in [4.78, 5) is 13.6. The highest BCUT2D eigenvalue weighted by molar-refractivity contribution is 5.91. The van der Waals surface area contributed by atoms with Crippen molar-refractivity contribution in [3.8, 4) is 0 Å². The van der Waals surface area contributed by atoms with E-state index in [1.807, 2.05) is 18.2 Å². The molecule has 6 heteroatoms. The van der Waals surface area contributed by atoms with E-state index in [4.69, 9.17) is 4.74 Å². The monoisotopic (exact) mass is 274 g/mol. The molecule has 3 rings (SSSR count). The molecule has 0 saturated carbocycles. The molecular formula is C14H18N4O2. The Morgan fingerprint density at radius 3 is 3.15 bits per heavy atom. The maximum absolute atomic E-state index is 12.1. The molecular weight excluding hydrogens is 256 g/mol. The number of fused-ring (bicyclic) bond motifs is 1. The molecule has 0 radical (unpaired) electrons. The lowest BCUT2D eigenvalue weighted by Gasteiger charge is -2.26. The van der Waals surface area contributed by atoms with Gasteiger partial charge in [-0.05, 0) is 44.0 Å². The fraction of sp³-hybridized carbons (Fsp3) is 0.429. The predicted octanol–water partition coefficient (Wildman–Crippen LogP) is 2.24. The fourth-order valence-corrected chi connectivity index (χ4v) is 2.37. The molecule has 1 atom stereocenters. The van der Waals surface area contributed by atoms with Crippen molar-refractivity contribution in [3.05, 3.63) is 24.4 Å². The minimum atomic E-state index is -0.341. The predicted molar refractivity (Wildman–Crippen MR) is 76.6 cm³/mol. The van der Waals surface area contributed by atoms with Crippen molar-refractivity contribution in [1.29, 1.82) is 0 Å². The Bertz CT molecular complexity index is 604. The smallest absolute Gasteiger partial charge is 0.415 e. The number of piperidine rings is 1. The molecule has 1 aromatic carbocycles. The minimum Gasteiger partial charge on any atom is -0.430 e. The van der Waals surface area contributed by atoms with Crippen LogP contribution in [0.3, 0.4) is 0 Å². The lowest BCUT2D eigenvalue weighted by atomic mass is 10.1. The van der Waals surface area contributed by atoms with E-state index in [1.54, 1.807) is 13.2 Å². The Kier molecular flexibility index (Phi) is 3.56. The standard InChI is InChI=1S/C14H18N4O2/c1-18(14(19)20-13-4-2-3-7-15-13)11-5-6-12-10(8-11)9-16-17-12/h5-6,8-9,13,15H,2-4,7H2,1H3,(H,16,17)/t13-/m0/s1. The molecule has 0 aliphatic carbocycles. The molecule has 106 valence electrons. The molecule has 2 heterocycles. The third-order valence-electron chi connectivity index (χ3n) is 3.59. The van der Waals surface area contributed by atoms with Crippen LogP contribution in [0.4, 0.5) is 10.5 Å². The summed E-state index contributed by atoms with van der Waals surface area (Å²) in [6.07, 6.45) is 4.33. The highest BCUT2D eigenvalue weighted by Gasteiger charge is 2.20. The van der Waals surface area contributed by atoms with Crippen LogP contribution in [0, 0.1) is 0 Å². The van der Waals surface area contributed by atoms with Crippen molar-refractivity contribution < 1.29 is 9.53 Å². The number of hydrogen-bond donors (Lipinski definition) is 2. The van der Waals surface area contributed by atoms with E-state index >= 15 is 0 Å². The molecule has 0 spiro atoms. The van der Waals surface area contributed by atoms with Crippen molar-refractivity contribution in [2.24, 2.45) is 0 Å². The molecule has 1 fully saturated rings. The lowest BCUT2D eigenvalue weighted by molar-refractivity contribution is 0.0673. The van der Waals surface area contributed by atoms with Crippen LogP contribution in [0.2, 0.25) is 0 Å². The molecule has 1 aliphatic rings. The lowest BCUT2D eigenvalue weighted by Crippen LogP contribution is -2.41. The van der Waals surface area contributed by atoms with E-state index in [0.717, 1.165) is 42.4 Å². The first-order chi connectivity index (χ1) is 9.74. The number of ether oxygens (including phenoxy) is 1. The topological polar surface area (TPSA) is 70.2 Å². The number of benzene rings is 1. The van der Waals surface area contributed by atoms with Crippen LogP contribution in [-0.2, 0) is 4.74 Å². The molecule has 2 aromatic rings. The second-order valence-electron chi connectivity index (χ2n) is 5.02. The number of nitrogens with one attached hydrogen (secondary N) is 2. The number of aromatic amines is 1. The van der Waals surface area contributed by atoms with Crippen molar-refractivity contribution in [2.75, 3.05) is 18.5 Å². The maximum Gasteiger partial charge on any atom is 0.415 e. The molecule has 0 unspecified atom stereocenters. The van der Waals surface area contributed by atoms with E-state index in [0.29, 0.717) is 0 Å². The number of hydrogen-bond acceptors (Lipinski definition) is 4. The van der Waals surface area contributed by atoms with Gasteiger partial charge in [0.05, 0.1) is 11.7 Å². The summed E-state index contributed by atoms with van der Waals surface area (Å²) in [7, 11) is 1.71. The summed E-state index contributed by atoms with van der Waals surface area (Å²) in [6.45, 7) is 0.905. The number of H-pyrrole nitrogens is 1. The molecule has 0 bridgehead atoms. The summed E-state index contributed by atoms with van der Waals surface area (Å²) in [6, 6.07) is 5.69. The van der Waals surface area contributed by atoms with E-state index in [-0.39, 0.29) is 12.3 Å². The Hall–Kier alpha value is -2.08. The van der Waals surface area contributed by atoms with Gasteiger partial charge in [0.2, 0.25) is 0 Å². The van der Waals surface area contributed by atoms with Gasteiger partial charge >= 0.3 is 6.09 Å². The van der Waals surface area contributed by atoms with Crippen LogP contribution in [0.25, 0.3) is 10.9 Å². The molecule has 2 N–H and O–H groups in total. The number of carbonyl (C=O) groups excluding carboxylic acids is 1. The summed E-state index contributed by atoms with van der Waals surface area (Å²) in [5, 5.41) is 11.0. The second kappa shape index (κ2) is 5.50. The summed E-state index contributed by atoms with van der Waals surface area (Å²) >= 11 is 0. The van der Waals surface area contributed by atoms with E-state index in [9.17, 15) is 4.79 Å². The summed E-state index contributed by atoms with van der Waals surface area (Å²) < 4.78 is 5.45. The highest BCUT2D eigenvalue weighted by atomic mass is 16.6. The summed E-state index contributed by atoms with van der Waals surface area (Å²) in [5.41, 5.74) is 1.74. The average molecular weight is 274 g/mol. The molecule has 1 amide bonds. The van der Waals surface area contributed by atoms with Gasteiger partial charge in [-0.1, -0.05) is 0 Å². The quantitative estimate of drug-likeness (QED) is 0.881. The van der Waals surface area contributed by atoms with Crippen molar-refractivity contribution in [1.82, 2.24) is 15.5 Å². The van der Waals surface area contributed by atoms with Gasteiger partial charge in [-0.25, -0.2) is 4.79 Å². The SMILES string of the molecule is CN(C(=O)O[C@H]1CCCCN1)c1ccc2[nH]ncc2c1. The van der Waals surface area contributed by atoms with Gasteiger partial charge in [0.25, 0.3) is 0 Å². The Labute approximate surface area is 117 Å². The van der Waals surface area contributed by atoms with Gasteiger partial charge in [-0.15, -0.1) is 0 Å². The van der Waals surface area contributed by atoms with Crippen LogP contribution in [0.15, 0.2) is 24.4 Å². The van der Waals surface area contributed by atoms with Gasteiger partial charge in [0.15, 0.2) is 6.23 Å². The van der Waals surface area contributed by atoms with E-state index < -0.39 is 0 Å². The molecule has 6 nitrogen and oxygen atoms in total. The van der Waals surface area contributed by atoms with E-state index in [2.05, 4.69) is 15.5 Å². The molecule has 20 heavy (non-hydrogen) atoms. The van der Waals surface area contributed by atoms with Crippen LogP contribution < -0.4 is 10.2 Å². The number of anilines is 1. The molecule has 1 saturated heterocycles. The third-order valence-corrected chi connectivity index (χ3v) is 3.59. The van der Waals surface area contributed by atoms with Gasteiger partial charge in [-0.3, -0.25) is 15.3 Å². The van der Waals surface area contributed by atoms with Crippen LogP contribution in [0.1, 0.15) is 19.3 Å². The van der Waals surface area contributed by atoms with Gasteiger partial charge < -0.3 is 4.74 Å². The van der Waals surface area contributed by atoms with Crippen molar-refractivity contribution in [2.45, 2.75) is 25.5 Å². The fourth-order valence-electron chi connectivity index (χ4n) is 2.37. The zero-order chi connectivity index (χ0) is 13.9. The number of nitrogens with zero attached hydrogens (tertiary/aromatic N) is 2. The largest absolute Gasteiger partial charge is 0.430 e. The zero-order valence-electron chi connectivity index (χ0n) is 11.4. The first kappa shape index (κ1) is 12.9. The average Bonchev–Trinajstić information content (AvgIpc) is 2.94. The summed E-state index contributed by atoms with van der Waals surface area (Å²) in [5.74, 6) is 0.